The Morgan fingerprint density at radius 2 is 1.77 bits per heavy atom. The number of hydrogen-bond acceptors (Lipinski definition) is 3. The number of halogens is 1. The van der Waals surface area contributed by atoms with Crippen LogP contribution in [0.3, 0.4) is 0 Å². The van der Waals surface area contributed by atoms with Crippen LogP contribution in [-0.4, -0.2) is 49.7 Å². The van der Waals surface area contributed by atoms with Crippen molar-refractivity contribution in [2.75, 3.05) is 26.2 Å². The second-order valence-corrected chi connectivity index (χ2v) is 7.26. The topological polar surface area (TPSA) is 57.7 Å². The van der Waals surface area contributed by atoms with E-state index in [1.807, 2.05) is 0 Å². The van der Waals surface area contributed by atoms with E-state index in [1.54, 1.807) is 11.8 Å². The average Bonchev–Trinajstić information content (AvgIpc) is 2.53. The van der Waals surface area contributed by atoms with Crippen molar-refractivity contribution in [3.63, 3.8) is 0 Å². The molecule has 1 aromatic rings. The molecule has 0 atom stereocenters. The van der Waals surface area contributed by atoms with Crippen LogP contribution in [-0.2, 0) is 14.8 Å². The average molecular weight is 328 g/mol. The second kappa shape index (κ2) is 7.19. The zero-order valence-electron chi connectivity index (χ0n) is 12.7. The fourth-order valence-electron chi connectivity index (χ4n) is 2.52. The third-order valence-corrected chi connectivity index (χ3v) is 5.76. The van der Waals surface area contributed by atoms with Gasteiger partial charge in [0.15, 0.2) is 0 Å². The van der Waals surface area contributed by atoms with Crippen LogP contribution in [0.1, 0.15) is 26.2 Å². The molecule has 0 bridgehead atoms. The summed E-state index contributed by atoms with van der Waals surface area (Å²) >= 11 is 0. The number of piperidine rings is 1. The molecule has 1 amide bonds. The van der Waals surface area contributed by atoms with Crippen molar-refractivity contribution in [1.29, 1.82) is 0 Å². The maximum absolute atomic E-state index is 12.9. The molecule has 0 radical (unpaired) electrons. The van der Waals surface area contributed by atoms with Crippen molar-refractivity contribution >= 4 is 15.9 Å². The van der Waals surface area contributed by atoms with Crippen LogP contribution < -0.4 is 0 Å². The zero-order chi connectivity index (χ0) is 16.2. The number of benzene rings is 1. The van der Waals surface area contributed by atoms with Crippen molar-refractivity contribution in [3.8, 4) is 0 Å². The third-order valence-electron chi connectivity index (χ3n) is 3.82. The van der Waals surface area contributed by atoms with Crippen LogP contribution in [0.15, 0.2) is 29.2 Å². The lowest BCUT2D eigenvalue weighted by Gasteiger charge is -2.29. The van der Waals surface area contributed by atoms with Gasteiger partial charge in [-0.05, 0) is 43.5 Å². The Labute approximate surface area is 130 Å². The van der Waals surface area contributed by atoms with Crippen LogP contribution in [0.2, 0.25) is 0 Å². The minimum atomic E-state index is -3.78. The minimum absolute atomic E-state index is 0.00203. The van der Waals surface area contributed by atoms with Gasteiger partial charge in [-0.25, -0.2) is 12.8 Å². The van der Waals surface area contributed by atoms with Gasteiger partial charge in [-0.15, -0.1) is 0 Å². The SMILES string of the molecule is CCN(CC(=O)N1CCCCC1)S(=O)(=O)c1ccc(F)cc1. The Kier molecular flexibility index (Phi) is 5.52. The fourth-order valence-corrected chi connectivity index (χ4v) is 3.92. The van der Waals surface area contributed by atoms with Crippen molar-refractivity contribution in [2.24, 2.45) is 0 Å². The van der Waals surface area contributed by atoms with E-state index >= 15 is 0 Å². The van der Waals surface area contributed by atoms with E-state index in [0.717, 1.165) is 35.7 Å². The Morgan fingerprint density at radius 1 is 1.18 bits per heavy atom. The Bertz CT molecular complexity index is 610. The fraction of sp³-hybridized carbons (Fsp3) is 0.533. The lowest BCUT2D eigenvalue weighted by atomic mass is 10.1. The van der Waals surface area contributed by atoms with Gasteiger partial charge >= 0.3 is 0 Å². The summed E-state index contributed by atoms with van der Waals surface area (Å²) in [5, 5.41) is 0. The predicted molar refractivity (Wildman–Crippen MR) is 81.3 cm³/mol. The molecule has 1 aromatic carbocycles. The number of nitrogens with zero attached hydrogens (tertiary/aromatic N) is 2. The molecule has 0 saturated carbocycles. The van der Waals surface area contributed by atoms with Gasteiger partial charge in [0, 0.05) is 19.6 Å². The van der Waals surface area contributed by atoms with Crippen molar-refractivity contribution < 1.29 is 17.6 Å². The number of carbonyl (C=O) groups excluding carboxylic acids is 1. The lowest BCUT2D eigenvalue weighted by Crippen LogP contribution is -2.44. The second-order valence-electron chi connectivity index (χ2n) is 5.33. The molecular weight excluding hydrogens is 307 g/mol. The van der Waals surface area contributed by atoms with E-state index in [1.165, 1.54) is 12.1 Å². The van der Waals surface area contributed by atoms with Gasteiger partial charge in [0.25, 0.3) is 0 Å². The van der Waals surface area contributed by atoms with Gasteiger partial charge in [-0.2, -0.15) is 4.31 Å². The first kappa shape index (κ1) is 16.9. The van der Waals surface area contributed by atoms with Gasteiger partial charge in [0.05, 0.1) is 11.4 Å². The number of rotatable bonds is 5. The molecule has 122 valence electrons. The zero-order valence-corrected chi connectivity index (χ0v) is 13.5. The Hall–Kier alpha value is -1.47. The summed E-state index contributed by atoms with van der Waals surface area (Å²) in [6.45, 7) is 3.08. The van der Waals surface area contributed by atoms with Crippen LogP contribution in [0.4, 0.5) is 4.39 Å². The number of likely N-dealkylation sites (tertiary alicyclic amines) is 1. The van der Waals surface area contributed by atoms with Gasteiger partial charge in [0.1, 0.15) is 5.82 Å². The maximum Gasteiger partial charge on any atom is 0.243 e. The van der Waals surface area contributed by atoms with Crippen molar-refractivity contribution in [3.05, 3.63) is 30.1 Å². The molecule has 0 unspecified atom stereocenters. The smallest absolute Gasteiger partial charge is 0.243 e. The quantitative estimate of drug-likeness (QED) is 0.829. The van der Waals surface area contributed by atoms with E-state index in [-0.39, 0.29) is 23.9 Å². The third kappa shape index (κ3) is 3.84. The van der Waals surface area contributed by atoms with Crippen LogP contribution >= 0.6 is 0 Å². The van der Waals surface area contributed by atoms with Gasteiger partial charge < -0.3 is 4.90 Å². The van der Waals surface area contributed by atoms with Crippen molar-refractivity contribution in [1.82, 2.24) is 9.21 Å². The van der Waals surface area contributed by atoms with Crippen LogP contribution in [0.5, 0.6) is 0 Å². The first-order chi connectivity index (χ1) is 10.4. The van der Waals surface area contributed by atoms with E-state index in [2.05, 4.69) is 0 Å². The summed E-state index contributed by atoms with van der Waals surface area (Å²) < 4.78 is 39.1. The molecular formula is C15H21FN2O3S. The molecule has 5 nitrogen and oxygen atoms in total. The molecule has 1 aliphatic rings. The number of sulfonamides is 1. The molecule has 0 N–H and O–H groups in total. The largest absolute Gasteiger partial charge is 0.342 e. The molecule has 7 heteroatoms. The molecule has 0 aliphatic carbocycles. The number of carbonyl (C=O) groups is 1. The molecule has 1 aliphatic heterocycles. The lowest BCUT2D eigenvalue weighted by molar-refractivity contribution is -0.132. The van der Waals surface area contributed by atoms with E-state index in [0.29, 0.717) is 13.1 Å². The molecule has 0 aromatic heterocycles. The summed E-state index contributed by atoms with van der Waals surface area (Å²) in [4.78, 5) is 14.0. The maximum atomic E-state index is 12.9. The Morgan fingerprint density at radius 3 is 2.32 bits per heavy atom. The molecule has 1 heterocycles. The molecule has 0 spiro atoms. The summed E-state index contributed by atoms with van der Waals surface area (Å²) in [5.74, 6) is -0.668. The van der Waals surface area contributed by atoms with Gasteiger partial charge in [0.2, 0.25) is 15.9 Å². The molecule has 22 heavy (non-hydrogen) atoms. The highest BCUT2D eigenvalue weighted by Crippen LogP contribution is 2.17. The Balaban J connectivity index is 2.12. The standard InChI is InChI=1S/C15H21FN2O3S/c1-2-18(12-15(19)17-10-4-3-5-11-17)22(20,21)14-8-6-13(16)7-9-14/h6-9H,2-5,10-12H2,1H3. The summed E-state index contributed by atoms with van der Waals surface area (Å²) in [5.41, 5.74) is 0. The van der Waals surface area contributed by atoms with E-state index < -0.39 is 15.8 Å². The highest BCUT2D eigenvalue weighted by Gasteiger charge is 2.27. The highest BCUT2D eigenvalue weighted by molar-refractivity contribution is 7.89. The number of likely N-dealkylation sites (N-methyl/N-ethyl adjacent to an activating group) is 1. The highest BCUT2D eigenvalue weighted by atomic mass is 32.2. The van der Waals surface area contributed by atoms with E-state index in [4.69, 9.17) is 0 Å². The molecule has 1 fully saturated rings. The first-order valence-corrected chi connectivity index (χ1v) is 8.92. The summed E-state index contributed by atoms with van der Waals surface area (Å²) in [7, 11) is -3.78. The van der Waals surface area contributed by atoms with Crippen molar-refractivity contribution in [2.45, 2.75) is 31.1 Å². The molecule has 2 rings (SSSR count). The summed E-state index contributed by atoms with van der Waals surface area (Å²) in [6.07, 6.45) is 3.03. The van der Waals surface area contributed by atoms with Gasteiger partial charge in [-0.1, -0.05) is 6.92 Å². The molecule has 1 saturated heterocycles. The number of amides is 1. The monoisotopic (exact) mass is 328 g/mol. The van der Waals surface area contributed by atoms with Crippen LogP contribution in [0.25, 0.3) is 0 Å². The predicted octanol–water partition coefficient (Wildman–Crippen LogP) is 1.85. The van der Waals surface area contributed by atoms with Crippen LogP contribution in [0, 0.1) is 5.82 Å². The first-order valence-electron chi connectivity index (χ1n) is 7.48. The minimum Gasteiger partial charge on any atom is -0.342 e. The van der Waals surface area contributed by atoms with Gasteiger partial charge in [-0.3, -0.25) is 4.79 Å². The normalized spacial score (nSPS) is 16.0. The van der Waals surface area contributed by atoms with E-state index in [9.17, 15) is 17.6 Å². The summed E-state index contributed by atoms with van der Waals surface area (Å²) in [6, 6.07) is 4.65. The number of hydrogen-bond donors (Lipinski definition) is 0.